The third-order valence-electron chi connectivity index (χ3n) is 4.67. The molecule has 2 aromatic carbocycles. The maximum Gasteiger partial charge on any atom is 0.264 e. The molecule has 7 nitrogen and oxygen atoms in total. The molecule has 144 valence electrons. The average molecular weight is 397 g/mol. The normalized spacial score (nSPS) is 16.1. The van der Waals surface area contributed by atoms with Crippen LogP contribution in [-0.2, 0) is 16.4 Å². The van der Waals surface area contributed by atoms with Gasteiger partial charge in [0.1, 0.15) is 5.76 Å². The van der Waals surface area contributed by atoms with Crippen molar-refractivity contribution in [3.8, 4) is 0 Å². The Morgan fingerprint density at radius 1 is 1.18 bits per heavy atom. The fourth-order valence-corrected chi connectivity index (χ4v) is 5.17. The van der Waals surface area contributed by atoms with Crippen LogP contribution in [0.4, 0.5) is 11.5 Å². The number of hydrogen-bond donors (Lipinski definition) is 1. The van der Waals surface area contributed by atoms with Gasteiger partial charge in [0.05, 0.1) is 10.6 Å². The second-order valence-corrected chi connectivity index (χ2v) is 8.60. The van der Waals surface area contributed by atoms with Gasteiger partial charge in [-0.1, -0.05) is 29.4 Å². The minimum atomic E-state index is -3.81. The number of anilines is 2. The average Bonchev–Trinajstić information content (AvgIpc) is 3.23. The van der Waals surface area contributed by atoms with E-state index in [0.717, 1.165) is 5.56 Å². The van der Waals surface area contributed by atoms with Crippen LogP contribution in [0.2, 0.25) is 0 Å². The Morgan fingerprint density at radius 2 is 1.96 bits per heavy atom. The van der Waals surface area contributed by atoms with E-state index < -0.39 is 15.9 Å². The van der Waals surface area contributed by atoms with Crippen molar-refractivity contribution in [1.82, 2.24) is 5.16 Å². The molecule has 3 aromatic rings. The van der Waals surface area contributed by atoms with Gasteiger partial charge >= 0.3 is 0 Å². The number of carbonyl (C=O) groups excluding carboxylic acids is 1. The number of nitrogens with zero attached hydrogens (tertiary/aromatic N) is 2. The van der Waals surface area contributed by atoms with Crippen LogP contribution in [0.25, 0.3) is 0 Å². The van der Waals surface area contributed by atoms with E-state index in [1.165, 1.54) is 16.4 Å². The number of para-hydroxylation sites is 1. The molecule has 1 aliphatic heterocycles. The molecule has 4 rings (SSSR count). The summed E-state index contributed by atoms with van der Waals surface area (Å²) in [6.45, 7) is 3.59. The van der Waals surface area contributed by atoms with Gasteiger partial charge in [-0.15, -0.1) is 0 Å². The lowest BCUT2D eigenvalue weighted by molar-refractivity contribution is 0.102. The van der Waals surface area contributed by atoms with Crippen LogP contribution in [-0.4, -0.2) is 25.5 Å². The van der Waals surface area contributed by atoms with Gasteiger partial charge < -0.3 is 9.84 Å². The number of nitrogens with one attached hydrogen (secondary N) is 1. The van der Waals surface area contributed by atoms with Gasteiger partial charge in [-0.05, 0) is 50.1 Å². The second-order valence-electron chi connectivity index (χ2n) is 6.79. The molecule has 1 amide bonds. The molecule has 2 heterocycles. The fraction of sp³-hybridized carbons (Fsp3) is 0.200. The Hall–Kier alpha value is -3.13. The lowest BCUT2D eigenvalue weighted by Crippen LogP contribution is -2.35. The molecule has 0 unspecified atom stereocenters. The minimum absolute atomic E-state index is 0.0695. The molecule has 8 heteroatoms. The Balaban J connectivity index is 1.66. The first-order valence-corrected chi connectivity index (χ1v) is 10.3. The maximum absolute atomic E-state index is 13.3. The van der Waals surface area contributed by atoms with Gasteiger partial charge in [0.25, 0.3) is 15.9 Å². The molecular formula is C20H19N3O4S. The smallest absolute Gasteiger partial charge is 0.264 e. The third-order valence-corrected chi connectivity index (χ3v) is 6.59. The number of carbonyl (C=O) groups is 1. The van der Waals surface area contributed by atoms with Gasteiger partial charge in [0, 0.05) is 17.7 Å². The van der Waals surface area contributed by atoms with Gasteiger partial charge in [-0.2, -0.15) is 0 Å². The van der Waals surface area contributed by atoms with E-state index in [4.69, 9.17) is 4.52 Å². The molecule has 0 bridgehead atoms. The number of amides is 1. The highest BCUT2D eigenvalue weighted by Crippen LogP contribution is 2.36. The van der Waals surface area contributed by atoms with E-state index in [1.54, 1.807) is 31.2 Å². The van der Waals surface area contributed by atoms with Crippen molar-refractivity contribution in [2.75, 3.05) is 9.62 Å². The van der Waals surface area contributed by atoms with E-state index in [9.17, 15) is 13.2 Å². The van der Waals surface area contributed by atoms with Crippen molar-refractivity contribution in [2.24, 2.45) is 0 Å². The van der Waals surface area contributed by atoms with E-state index in [2.05, 4.69) is 10.5 Å². The van der Waals surface area contributed by atoms with Crippen molar-refractivity contribution in [2.45, 2.75) is 31.2 Å². The molecule has 1 N–H and O–H groups in total. The highest BCUT2D eigenvalue weighted by Gasteiger charge is 2.36. The number of sulfonamides is 1. The number of benzene rings is 2. The van der Waals surface area contributed by atoms with Crippen LogP contribution in [0.3, 0.4) is 0 Å². The van der Waals surface area contributed by atoms with Crippen LogP contribution < -0.4 is 9.62 Å². The zero-order valence-corrected chi connectivity index (χ0v) is 16.2. The number of fused-ring (bicyclic) bond motifs is 1. The van der Waals surface area contributed by atoms with Crippen LogP contribution in [0, 0.1) is 6.92 Å². The van der Waals surface area contributed by atoms with E-state index in [0.29, 0.717) is 17.9 Å². The molecule has 1 aromatic heterocycles. The van der Waals surface area contributed by atoms with Crippen molar-refractivity contribution < 1.29 is 17.7 Å². The fourth-order valence-electron chi connectivity index (χ4n) is 3.43. The van der Waals surface area contributed by atoms with Crippen LogP contribution in [0.1, 0.15) is 28.6 Å². The summed E-state index contributed by atoms with van der Waals surface area (Å²) < 4.78 is 33.0. The van der Waals surface area contributed by atoms with Crippen LogP contribution in [0.15, 0.2) is 64.0 Å². The molecular weight excluding hydrogens is 378 g/mol. The predicted molar refractivity (Wildman–Crippen MR) is 105 cm³/mol. The molecule has 0 saturated carbocycles. The lowest BCUT2D eigenvalue weighted by atomic mass is 10.1. The molecule has 0 radical (unpaired) electrons. The van der Waals surface area contributed by atoms with Gasteiger partial charge in [-0.25, -0.2) is 8.42 Å². The van der Waals surface area contributed by atoms with Crippen molar-refractivity contribution in [3.63, 3.8) is 0 Å². The summed E-state index contributed by atoms with van der Waals surface area (Å²) in [5.74, 6) is 0.381. The van der Waals surface area contributed by atoms with Gasteiger partial charge in [0.2, 0.25) is 0 Å². The molecule has 0 aliphatic carbocycles. The first-order chi connectivity index (χ1) is 13.4. The highest BCUT2D eigenvalue weighted by molar-refractivity contribution is 7.92. The standard InChI is InChI=1S/C20H19N3O4S/c1-13-10-15-6-3-4-9-18(15)23(13)28(25,26)17-8-5-7-16(12-17)20(24)21-19-11-14(2)27-22-19/h3-9,11-13H,10H2,1-2H3,(H,21,22,24)/t13-/m0/s1. The summed E-state index contributed by atoms with van der Waals surface area (Å²) in [5, 5.41) is 6.32. The van der Waals surface area contributed by atoms with Gasteiger partial charge in [-0.3, -0.25) is 9.10 Å². The monoisotopic (exact) mass is 397 g/mol. The molecule has 1 aliphatic rings. The van der Waals surface area contributed by atoms with Gasteiger partial charge in [0.15, 0.2) is 5.82 Å². The summed E-state index contributed by atoms with van der Waals surface area (Å²) in [6.07, 6.45) is 0.654. The summed E-state index contributed by atoms with van der Waals surface area (Å²) in [5.41, 5.74) is 1.90. The van der Waals surface area contributed by atoms with E-state index in [1.807, 2.05) is 25.1 Å². The zero-order chi connectivity index (χ0) is 19.9. The van der Waals surface area contributed by atoms with E-state index in [-0.39, 0.29) is 22.3 Å². The largest absolute Gasteiger partial charge is 0.360 e. The maximum atomic E-state index is 13.3. The van der Waals surface area contributed by atoms with Crippen molar-refractivity contribution in [3.05, 3.63) is 71.5 Å². The summed E-state index contributed by atoms with van der Waals surface area (Å²) >= 11 is 0. The summed E-state index contributed by atoms with van der Waals surface area (Å²) in [4.78, 5) is 12.6. The number of rotatable bonds is 4. The second kappa shape index (κ2) is 6.79. The Bertz CT molecular complexity index is 1150. The molecule has 28 heavy (non-hydrogen) atoms. The third kappa shape index (κ3) is 3.16. The molecule has 0 fully saturated rings. The highest BCUT2D eigenvalue weighted by atomic mass is 32.2. The topological polar surface area (TPSA) is 92.5 Å². The van der Waals surface area contributed by atoms with Crippen molar-refractivity contribution in [1.29, 1.82) is 0 Å². The lowest BCUT2D eigenvalue weighted by Gasteiger charge is -2.24. The summed E-state index contributed by atoms with van der Waals surface area (Å²) in [6, 6.07) is 14.8. The Kier molecular flexibility index (Phi) is 4.43. The number of hydrogen-bond acceptors (Lipinski definition) is 5. The molecule has 0 saturated heterocycles. The Morgan fingerprint density at radius 3 is 2.71 bits per heavy atom. The van der Waals surface area contributed by atoms with Crippen LogP contribution >= 0.6 is 0 Å². The molecule has 1 atom stereocenters. The molecule has 0 spiro atoms. The first-order valence-electron chi connectivity index (χ1n) is 8.83. The SMILES string of the molecule is Cc1cc(NC(=O)c2cccc(S(=O)(=O)N3c4ccccc4C[C@@H]3C)c2)no1. The predicted octanol–water partition coefficient (Wildman–Crippen LogP) is 3.38. The number of aryl methyl sites for hydroxylation is 1. The Labute approximate surface area is 163 Å². The van der Waals surface area contributed by atoms with Crippen molar-refractivity contribution >= 4 is 27.4 Å². The quantitative estimate of drug-likeness (QED) is 0.729. The minimum Gasteiger partial charge on any atom is -0.360 e. The number of aromatic nitrogens is 1. The van der Waals surface area contributed by atoms with Crippen LogP contribution in [0.5, 0.6) is 0 Å². The van der Waals surface area contributed by atoms with E-state index >= 15 is 0 Å². The zero-order valence-electron chi connectivity index (χ0n) is 15.4. The summed E-state index contributed by atoms with van der Waals surface area (Å²) in [7, 11) is -3.81. The first kappa shape index (κ1) is 18.2.